The van der Waals surface area contributed by atoms with Gasteiger partial charge in [0.25, 0.3) is 0 Å². The summed E-state index contributed by atoms with van der Waals surface area (Å²) in [7, 11) is 0. The SMILES string of the molecule is CC[C@@H](NC(=O)Nc1c(Cl)cc(Cl)c2c1N=S=N2)C(=O)O. The molecule has 2 amide bonds. The average molecular weight is 349 g/mol. The number of carboxylic acids is 1. The summed E-state index contributed by atoms with van der Waals surface area (Å²) in [5, 5.41) is 14.2. The summed E-state index contributed by atoms with van der Waals surface area (Å²) in [4.78, 5) is 22.8. The molecule has 0 saturated carbocycles. The van der Waals surface area contributed by atoms with Gasteiger partial charge in [0, 0.05) is 0 Å². The second kappa shape index (κ2) is 6.42. The van der Waals surface area contributed by atoms with Gasteiger partial charge >= 0.3 is 12.0 Å². The fourth-order valence-corrected chi connectivity index (χ4v) is 2.80. The van der Waals surface area contributed by atoms with Crippen LogP contribution in [0, 0.1) is 0 Å². The first-order valence-electron chi connectivity index (χ1n) is 5.84. The Morgan fingerprint density at radius 2 is 2.00 bits per heavy atom. The molecule has 21 heavy (non-hydrogen) atoms. The standard InChI is InChI=1S/C11H10Cl2N4O3S/c1-2-6(10(18)19)14-11(20)15-7-4(12)3-5(13)8-9(7)17-21-16-8/h3,6H,2H2,1H3,(H,18,19)(H2,14,15,20)/t6-/m1/s1. The third-order valence-electron chi connectivity index (χ3n) is 2.69. The van der Waals surface area contributed by atoms with Crippen molar-refractivity contribution in [3.05, 3.63) is 16.1 Å². The molecule has 7 nitrogen and oxygen atoms in total. The van der Waals surface area contributed by atoms with E-state index >= 15 is 0 Å². The highest BCUT2D eigenvalue weighted by molar-refractivity contribution is 7.58. The largest absolute Gasteiger partial charge is 0.480 e. The van der Waals surface area contributed by atoms with Gasteiger partial charge in [0.2, 0.25) is 0 Å². The quantitative estimate of drug-likeness (QED) is 0.784. The number of aliphatic carboxylic acids is 1. The first kappa shape index (κ1) is 15.7. The van der Waals surface area contributed by atoms with E-state index in [1.807, 2.05) is 0 Å². The third kappa shape index (κ3) is 3.34. The number of carbonyl (C=O) groups is 2. The van der Waals surface area contributed by atoms with Crippen molar-refractivity contribution in [2.45, 2.75) is 19.4 Å². The van der Waals surface area contributed by atoms with Crippen molar-refractivity contribution >= 4 is 63.6 Å². The van der Waals surface area contributed by atoms with Crippen molar-refractivity contribution in [3.8, 4) is 0 Å². The van der Waals surface area contributed by atoms with Crippen LogP contribution in [0.2, 0.25) is 10.0 Å². The van der Waals surface area contributed by atoms with E-state index in [4.69, 9.17) is 28.3 Å². The molecule has 2 rings (SSSR count). The molecule has 0 spiro atoms. The Morgan fingerprint density at radius 1 is 1.33 bits per heavy atom. The number of hydrogen-bond acceptors (Lipinski definition) is 4. The molecule has 1 atom stereocenters. The molecule has 0 aromatic heterocycles. The molecule has 1 heterocycles. The van der Waals surface area contributed by atoms with Crippen LogP contribution < -0.4 is 10.6 Å². The number of rotatable bonds is 4. The molecule has 1 aliphatic rings. The van der Waals surface area contributed by atoms with E-state index in [0.29, 0.717) is 16.4 Å². The summed E-state index contributed by atoms with van der Waals surface area (Å²) in [6.45, 7) is 1.65. The topological polar surface area (TPSA) is 103 Å². The first-order valence-corrected chi connectivity index (χ1v) is 7.33. The number of fused-ring (bicyclic) bond motifs is 1. The predicted molar refractivity (Wildman–Crippen MR) is 81.9 cm³/mol. The number of hydrogen-bond donors (Lipinski definition) is 3. The van der Waals surface area contributed by atoms with Crippen LogP contribution in [-0.2, 0) is 16.1 Å². The minimum Gasteiger partial charge on any atom is -0.480 e. The van der Waals surface area contributed by atoms with Gasteiger partial charge in [0.15, 0.2) is 0 Å². The molecule has 1 aliphatic heterocycles. The molecular weight excluding hydrogens is 339 g/mol. The van der Waals surface area contributed by atoms with Crippen molar-refractivity contribution in [1.82, 2.24) is 5.32 Å². The average Bonchev–Trinajstić information content (AvgIpc) is 2.90. The monoisotopic (exact) mass is 348 g/mol. The van der Waals surface area contributed by atoms with E-state index in [9.17, 15) is 9.59 Å². The van der Waals surface area contributed by atoms with Gasteiger partial charge in [-0.25, -0.2) is 9.59 Å². The number of carbonyl (C=O) groups excluding carboxylic acids is 1. The highest BCUT2D eigenvalue weighted by Crippen LogP contribution is 2.47. The van der Waals surface area contributed by atoms with E-state index in [1.165, 1.54) is 6.07 Å². The number of urea groups is 1. The number of benzene rings is 1. The maximum absolute atomic E-state index is 11.9. The van der Waals surface area contributed by atoms with E-state index in [2.05, 4.69) is 19.4 Å². The zero-order valence-corrected chi connectivity index (χ0v) is 13.0. The molecule has 0 bridgehead atoms. The molecule has 112 valence electrons. The minimum atomic E-state index is -1.12. The highest BCUT2D eigenvalue weighted by atomic mass is 35.5. The van der Waals surface area contributed by atoms with E-state index in [1.54, 1.807) is 6.92 Å². The zero-order chi connectivity index (χ0) is 15.6. The van der Waals surface area contributed by atoms with E-state index < -0.39 is 18.0 Å². The summed E-state index contributed by atoms with van der Waals surface area (Å²) < 4.78 is 8.04. The molecule has 0 radical (unpaired) electrons. The second-order valence-electron chi connectivity index (χ2n) is 4.07. The minimum absolute atomic E-state index is 0.193. The van der Waals surface area contributed by atoms with Gasteiger partial charge in [0.1, 0.15) is 17.4 Å². The fourth-order valence-electron chi connectivity index (χ4n) is 1.64. The molecule has 3 N–H and O–H groups in total. The van der Waals surface area contributed by atoms with Gasteiger partial charge < -0.3 is 15.7 Å². The van der Waals surface area contributed by atoms with Crippen molar-refractivity contribution in [1.29, 1.82) is 0 Å². The van der Waals surface area contributed by atoms with Gasteiger partial charge in [-0.3, -0.25) is 0 Å². The summed E-state index contributed by atoms with van der Waals surface area (Å²) in [6, 6.07) is -0.236. The summed E-state index contributed by atoms with van der Waals surface area (Å²) in [6.07, 6.45) is 0.255. The van der Waals surface area contributed by atoms with Crippen molar-refractivity contribution < 1.29 is 14.7 Å². The first-order chi connectivity index (χ1) is 9.93. The van der Waals surface area contributed by atoms with Crippen molar-refractivity contribution in [2.24, 2.45) is 8.73 Å². The van der Waals surface area contributed by atoms with Crippen LogP contribution in [0.3, 0.4) is 0 Å². The third-order valence-corrected chi connectivity index (χ3v) is 3.81. The Hall–Kier alpha value is -1.64. The van der Waals surface area contributed by atoms with Gasteiger partial charge in [-0.05, 0) is 12.5 Å². The Balaban J connectivity index is 2.21. The summed E-state index contributed by atoms with van der Waals surface area (Å²) in [5.74, 6) is -1.12. The maximum Gasteiger partial charge on any atom is 0.326 e. The van der Waals surface area contributed by atoms with Crippen molar-refractivity contribution in [3.63, 3.8) is 0 Å². The number of nitrogens with zero attached hydrogens (tertiary/aromatic N) is 2. The van der Waals surface area contributed by atoms with Gasteiger partial charge in [-0.2, -0.15) is 8.73 Å². The number of halogens is 2. The molecule has 0 unspecified atom stereocenters. The second-order valence-corrected chi connectivity index (χ2v) is 5.42. The molecule has 0 fully saturated rings. The lowest BCUT2D eigenvalue weighted by Crippen LogP contribution is -2.42. The zero-order valence-electron chi connectivity index (χ0n) is 10.7. The normalized spacial score (nSPS) is 13.3. The van der Waals surface area contributed by atoms with E-state index in [0.717, 1.165) is 11.4 Å². The molecule has 1 aromatic carbocycles. The van der Waals surface area contributed by atoms with Crippen LogP contribution in [0.1, 0.15) is 13.3 Å². The maximum atomic E-state index is 11.9. The predicted octanol–water partition coefficient (Wildman–Crippen LogP) is 3.70. The van der Waals surface area contributed by atoms with Gasteiger partial charge in [-0.15, -0.1) is 0 Å². The summed E-state index contributed by atoms with van der Waals surface area (Å²) in [5.41, 5.74) is 1.02. The Kier molecular flexibility index (Phi) is 4.81. The molecule has 1 aromatic rings. The molecule has 0 saturated heterocycles. The number of anilines is 1. The smallest absolute Gasteiger partial charge is 0.326 e. The number of carboxylic acid groups (broad SMARTS) is 1. The van der Waals surface area contributed by atoms with Crippen molar-refractivity contribution in [2.75, 3.05) is 5.32 Å². The molecular formula is C11H10Cl2N4O3S. The van der Waals surface area contributed by atoms with Gasteiger partial charge in [0.05, 0.1) is 27.1 Å². The van der Waals surface area contributed by atoms with E-state index in [-0.39, 0.29) is 17.1 Å². The fraction of sp³-hybridized carbons (Fsp3) is 0.273. The lowest BCUT2D eigenvalue weighted by atomic mass is 10.2. The Labute approximate surface area is 133 Å². The molecule has 0 aliphatic carbocycles. The van der Waals surface area contributed by atoms with Crippen LogP contribution >= 0.6 is 23.2 Å². The Morgan fingerprint density at radius 3 is 2.62 bits per heavy atom. The van der Waals surface area contributed by atoms with Gasteiger partial charge in [-0.1, -0.05) is 30.1 Å². The lowest BCUT2D eigenvalue weighted by molar-refractivity contribution is -0.139. The van der Waals surface area contributed by atoms with Crippen LogP contribution in [0.5, 0.6) is 0 Å². The number of amides is 2. The lowest BCUT2D eigenvalue weighted by Gasteiger charge is -2.15. The summed E-state index contributed by atoms with van der Waals surface area (Å²) >= 11 is 12.9. The molecule has 10 heteroatoms. The van der Waals surface area contributed by atoms with Crippen LogP contribution in [-0.4, -0.2) is 23.1 Å². The Bertz CT molecular complexity index is 689. The highest BCUT2D eigenvalue weighted by Gasteiger charge is 2.22. The number of nitrogens with one attached hydrogen (secondary N) is 2. The van der Waals surface area contributed by atoms with Crippen LogP contribution in [0.25, 0.3) is 0 Å². The van der Waals surface area contributed by atoms with Crippen LogP contribution in [0.15, 0.2) is 14.8 Å². The van der Waals surface area contributed by atoms with Crippen LogP contribution in [0.4, 0.5) is 21.9 Å².